The Morgan fingerprint density at radius 2 is 2.13 bits per heavy atom. The lowest BCUT2D eigenvalue weighted by Gasteiger charge is -2.19. The summed E-state index contributed by atoms with van der Waals surface area (Å²) in [5, 5.41) is 4.19. The number of hydrogen-bond acceptors (Lipinski definition) is 5. The number of alkyl halides is 3. The van der Waals surface area contributed by atoms with E-state index in [-0.39, 0.29) is 17.5 Å². The molecule has 23 heavy (non-hydrogen) atoms. The molecule has 1 aliphatic rings. The minimum Gasteiger partial charge on any atom is -0.352 e. The number of rotatable bonds is 2. The van der Waals surface area contributed by atoms with Crippen LogP contribution in [-0.4, -0.2) is 42.8 Å². The van der Waals surface area contributed by atoms with Gasteiger partial charge in [-0.05, 0) is 12.5 Å². The summed E-state index contributed by atoms with van der Waals surface area (Å²) in [6.45, 7) is 1.12. The van der Waals surface area contributed by atoms with Gasteiger partial charge in [0.15, 0.2) is 11.5 Å². The highest BCUT2D eigenvalue weighted by Crippen LogP contribution is 2.33. The van der Waals surface area contributed by atoms with Crippen molar-refractivity contribution in [2.45, 2.75) is 18.6 Å². The van der Waals surface area contributed by atoms with Crippen molar-refractivity contribution in [2.75, 3.05) is 18.0 Å². The van der Waals surface area contributed by atoms with Gasteiger partial charge in [0.05, 0.1) is 12.4 Å². The predicted octanol–water partition coefficient (Wildman–Crippen LogP) is 2.02. The van der Waals surface area contributed by atoms with Crippen molar-refractivity contribution in [1.82, 2.24) is 29.7 Å². The van der Waals surface area contributed by atoms with Gasteiger partial charge in [-0.25, -0.2) is 15.0 Å². The number of aromatic nitrogens is 6. The van der Waals surface area contributed by atoms with Crippen molar-refractivity contribution in [2.24, 2.45) is 0 Å². The Kier molecular flexibility index (Phi) is 3.00. The number of nitrogens with one attached hydrogen (secondary N) is 1. The van der Waals surface area contributed by atoms with Gasteiger partial charge < -0.3 is 9.88 Å². The molecule has 4 heterocycles. The Hall–Kier alpha value is -2.65. The molecule has 0 bridgehead atoms. The Labute approximate surface area is 128 Å². The normalized spacial score (nSPS) is 18.9. The highest BCUT2D eigenvalue weighted by molar-refractivity contribution is 5.83. The molecule has 3 aromatic rings. The summed E-state index contributed by atoms with van der Waals surface area (Å²) in [6, 6.07) is 1.93. The van der Waals surface area contributed by atoms with Crippen LogP contribution in [0.25, 0.3) is 11.2 Å². The Bertz CT molecular complexity index is 824. The lowest BCUT2D eigenvalue weighted by Crippen LogP contribution is -2.24. The van der Waals surface area contributed by atoms with Gasteiger partial charge in [0, 0.05) is 25.5 Å². The third-order valence-electron chi connectivity index (χ3n) is 3.88. The van der Waals surface area contributed by atoms with Crippen LogP contribution >= 0.6 is 0 Å². The average molecular weight is 323 g/mol. The van der Waals surface area contributed by atoms with Crippen molar-refractivity contribution in [3.8, 4) is 0 Å². The first-order chi connectivity index (χ1) is 11.0. The zero-order valence-corrected chi connectivity index (χ0v) is 11.8. The molecule has 1 N–H and O–H groups in total. The van der Waals surface area contributed by atoms with Crippen LogP contribution in [0.5, 0.6) is 0 Å². The molecule has 7 nitrogen and oxygen atoms in total. The van der Waals surface area contributed by atoms with E-state index in [1.807, 2.05) is 21.8 Å². The van der Waals surface area contributed by atoms with Crippen LogP contribution in [0.15, 0.2) is 24.8 Å². The molecule has 0 saturated carbocycles. The zero-order valence-electron chi connectivity index (χ0n) is 11.8. The molecule has 1 saturated heterocycles. The Morgan fingerprint density at radius 1 is 1.26 bits per heavy atom. The highest BCUT2D eigenvalue weighted by Gasteiger charge is 2.37. The van der Waals surface area contributed by atoms with E-state index in [1.165, 1.54) is 6.33 Å². The van der Waals surface area contributed by atoms with Crippen LogP contribution in [-0.2, 0) is 6.18 Å². The number of nitrogens with zero attached hydrogens (tertiary/aromatic N) is 6. The van der Waals surface area contributed by atoms with E-state index < -0.39 is 12.0 Å². The van der Waals surface area contributed by atoms with Gasteiger partial charge in [0.25, 0.3) is 0 Å². The molecular weight excluding hydrogens is 311 g/mol. The van der Waals surface area contributed by atoms with Crippen LogP contribution in [0, 0.1) is 0 Å². The van der Waals surface area contributed by atoms with E-state index in [2.05, 4.69) is 25.0 Å². The minimum atomic E-state index is -4.61. The van der Waals surface area contributed by atoms with Crippen LogP contribution in [0.4, 0.5) is 19.0 Å². The molecule has 1 atom stereocenters. The molecule has 4 rings (SSSR count). The molecule has 0 aromatic carbocycles. The fourth-order valence-corrected chi connectivity index (χ4v) is 2.82. The van der Waals surface area contributed by atoms with Crippen molar-refractivity contribution >= 4 is 17.0 Å². The number of aromatic amines is 1. The second-order valence-electron chi connectivity index (χ2n) is 5.34. The van der Waals surface area contributed by atoms with E-state index in [0.29, 0.717) is 18.6 Å². The maximum Gasteiger partial charge on any atom is 0.451 e. The quantitative estimate of drug-likeness (QED) is 0.781. The van der Waals surface area contributed by atoms with Gasteiger partial charge in [-0.3, -0.25) is 4.68 Å². The molecule has 0 radical (unpaired) electrons. The minimum absolute atomic E-state index is 0.0184. The molecule has 0 amide bonds. The number of anilines is 1. The van der Waals surface area contributed by atoms with Gasteiger partial charge in [-0.15, -0.1) is 0 Å². The molecule has 10 heteroatoms. The number of H-pyrrole nitrogens is 1. The number of imidazole rings is 1. The molecule has 1 unspecified atom stereocenters. The largest absolute Gasteiger partial charge is 0.451 e. The van der Waals surface area contributed by atoms with E-state index in [0.717, 1.165) is 6.42 Å². The molecular formula is C13H12F3N7. The van der Waals surface area contributed by atoms with Crippen LogP contribution in [0.1, 0.15) is 18.3 Å². The highest BCUT2D eigenvalue weighted by atomic mass is 19.4. The molecule has 120 valence electrons. The number of halogens is 3. The second-order valence-corrected chi connectivity index (χ2v) is 5.34. The SMILES string of the molecule is FC(F)(F)c1nc(N2CCC(n3cccn3)C2)c2[nH]cnc2n1. The summed E-state index contributed by atoms with van der Waals surface area (Å²) >= 11 is 0. The molecule has 3 aromatic heterocycles. The van der Waals surface area contributed by atoms with Gasteiger partial charge in [0.1, 0.15) is 5.52 Å². The third kappa shape index (κ3) is 2.39. The molecule has 1 fully saturated rings. The smallest absolute Gasteiger partial charge is 0.352 e. The van der Waals surface area contributed by atoms with Crippen LogP contribution in [0.2, 0.25) is 0 Å². The number of hydrogen-bond donors (Lipinski definition) is 1. The molecule has 0 spiro atoms. The Morgan fingerprint density at radius 3 is 2.87 bits per heavy atom. The fourth-order valence-electron chi connectivity index (χ4n) is 2.82. The summed E-state index contributed by atoms with van der Waals surface area (Å²) in [5.74, 6) is -0.941. The maximum absolute atomic E-state index is 13.0. The first-order valence-electron chi connectivity index (χ1n) is 7.05. The van der Waals surface area contributed by atoms with Gasteiger partial charge >= 0.3 is 6.18 Å². The van der Waals surface area contributed by atoms with Crippen LogP contribution in [0.3, 0.4) is 0 Å². The fraction of sp³-hybridized carbons (Fsp3) is 0.385. The lowest BCUT2D eigenvalue weighted by atomic mass is 10.3. The van der Waals surface area contributed by atoms with E-state index in [9.17, 15) is 13.2 Å². The monoisotopic (exact) mass is 323 g/mol. The van der Waals surface area contributed by atoms with Crippen molar-refractivity contribution in [3.63, 3.8) is 0 Å². The zero-order chi connectivity index (χ0) is 16.0. The second kappa shape index (κ2) is 4.93. The van der Waals surface area contributed by atoms with E-state index in [4.69, 9.17) is 0 Å². The summed E-state index contributed by atoms with van der Waals surface area (Å²) < 4.78 is 40.8. The van der Waals surface area contributed by atoms with Gasteiger partial charge in [-0.2, -0.15) is 18.3 Å². The van der Waals surface area contributed by atoms with Crippen LogP contribution < -0.4 is 4.90 Å². The summed E-state index contributed by atoms with van der Waals surface area (Å²) in [7, 11) is 0. The first-order valence-corrected chi connectivity index (χ1v) is 7.05. The number of fused-ring (bicyclic) bond motifs is 1. The standard InChI is InChI=1S/C13H12F3N7/c14-13(15,16)12-20-10-9(17-7-18-10)11(21-12)22-5-2-8(6-22)23-4-1-3-19-23/h1,3-4,7-8H,2,5-6H2,(H,17,18,20,21). The molecule has 1 aliphatic heterocycles. The average Bonchev–Trinajstić information content (AvgIpc) is 3.24. The third-order valence-corrected chi connectivity index (χ3v) is 3.88. The van der Waals surface area contributed by atoms with Gasteiger partial charge in [0.2, 0.25) is 5.82 Å². The Balaban J connectivity index is 1.72. The van der Waals surface area contributed by atoms with Crippen molar-refractivity contribution in [3.05, 3.63) is 30.6 Å². The summed E-state index contributed by atoms with van der Waals surface area (Å²) in [6.07, 6.45) is 1.03. The van der Waals surface area contributed by atoms with E-state index in [1.54, 1.807) is 6.20 Å². The van der Waals surface area contributed by atoms with Gasteiger partial charge in [-0.1, -0.05) is 0 Å². The maximum atomic E-state index is 13.0. The van der Waals surface area contributed by atoms with E-state index >= 15 is 0 Å². The predicted molar refractivity (Wildman–Crippen MR) is 74.8 cm³/mol. The summed E-state index contributed by atoms with van der Waals surface area (Å²) in [4.78, 5) is 15.7. The first kappa shape index (κ1) is 14.0. The molecule has 0 aliphatic carbocycles. The topological polar surface area (TPSA) is 75.5 Å². The summed E-state index contributed by atoms with van der Waals surface area (Å²) in [5.41, 5.74) is 0.434. The lowest BCUT2D eigenvalue weighted by molar-refractivity contribution is -0.144. The van der Waals surface area contributed by atoms with Crippen molar-refractivity contribution in [1.29, 1.82) is 0 Å². The van der Waals surface area contributed by atoms with Crippen molar-refractivity contribution < 1.29 is 13.2 Å².